The Balaban J connectivity index is 0.000000280. The number of benzene rings is 1. The van der Waals surface area contributed by atoms with Gasteiger partial charge in [0.15, 0.2) is 0 Å². The molecule has 0 saturated carbocycles. The molecule has 0 aromatic rings. The first-order valence-corrected chi connectivity index (χ1v) is 4.85. The van der Waals surface area contributed by atoms with Gasteiger partial charge in [-0.3, -0.25) is 4.55 Å². The maximum absolute atomic E-state index is 8.59. The van der Waals surface area contributed by atoms with Gasteiger partial charge in [0.2, 0.25) is 0 Å². The Kier molecular flexibility index (Phi) is 3.70. The minimum atomic E-state index is -3.12. The van der Waals surface area contributed by atoms with Gasteiger partial charge in [0.05, 0.1) is 11.4 Å². The van der Waals surface area contributed by atoms with Crippen LogP contribution in [0.1, 0.15) is 0 Å². The van der Waals surface area contributed by atoms with Gasteiger partial charge in [0, 0.05) is 9.82 Å². The third-order valence-electron chi connectivity index (χ3n) is 1.73. The van der Waals surface area contributed by atoms with Crippen LogP contribution in [0.2, 0.25) is 0 Å². The predicted octanol–water partition coefficient (Wildman–Crippen LogP) is 2.62. The molecule has 2 aliphatic carbocycles. The Morgan fingerprint density at radius 1 is 1.06 bits per heavy atom. The van der Waals surface area contributed by atoms with Crippen LogP contribution in [-0.2, 0) is 11.0 Å². The lowest BCUT2D eigenvalue weighted by molar-refractivity contribution is 0.509. The number of azide groups is 2. The van der Waals surface area contributed by atoms with Crippen LogP contribution in [-0.4, -0.2) is 13.0 Å². The average Bonchev–Trinajstić information content (AvgIpc) is 2.14. The smallest absolute Gasteiger partial charge is 0.254 e. The van der Waals surface area contributed by atoms with Gasteiger partial charge in [-0.25, -0.2) is 8.42 Å². The highest BCUT2D eigenvalue weighted by atomic mass is 32.2. The summed E-state index contributed by atoms with van der Waals surface area (Å²) in [7, 11) is -3.12. The van der Waals surface area contributed by atoms with E-state index >= 15 is 0 Å². The number of nitrogens with zero attached hydrogens (tertiary/aromatic N) is 6. The molecule has 0 aromatic heterocycles. The lowest BCUT2D eigenvalue weighted by atomic mass is 9.88. The molecule has 0 amide bonds. The number of hydrogen-bond donors (Lipinski definition) is 2. The zero-order chi connectivity index (χ0) is 12.1. The zero-order valence-electron chi connectivity index (χ0n) is 7.55. The fraction of sp³-hybridized carbons (Fsp3) is 0. The average molecular weight is 240 g/mol. The summed E-state index contributed by atoms with van der Waals surface area (Å²) in [6.07, 6.45) is 0. The highest BCUT2D eigenvalue weighted by Gasteiger charge is 2.23. The summed E-state index contributed by atoms with van der Waals surface area (Å²) in [4.78, 5) is 5.25. The fourth-order valence-electron chi connectivity index (χ4n) is 1.15. The van der Waals surface area contributed by atoms with Gasteiger partial charge in [-0.05, 0) is 22.2 Å². The van der Waals surface area contributed by atoms with Crippen molar-refractivity contribution in [3.8, 4) is 11.1 Å². The Morgan fingerprint density at radius 2 is 1.38 bits per heavy atom. The van der Waals surface area contributed by atoms with Gasteiger partial charge in [0.25, 0.3) is 11.0 Å². The zero-order valence-corrected chi connectivity index (χ0v) is 8.44. The lowest BCUT2D eigenvalue weighted by Gasteiger charge is -2.22. The summed E-state index contributed by atoms with van der Waals surface area (Å²) >= 11 is 0. The van der Waals surface area contributed by atoms with Crippen molar-refractivity contribution in [2.45, 2.75) is 0 Å². The van der Waals surface area contributed by atoms with Gasteiger partial charge in [0.1, 0.15) is 0 Å². The first kappa shape index (κ1) is 11.8. The second-order valence-corrected chi connectivity index (χ2v) is 2.95. The van der Waals surface area contributed by atoms with Crippen molar-refractivity contribution in [2.24, 2.45) is 10.2 Å². The Hall–Kier alpha value is -2.25. The summed E-state index contributed by atoms with van der Waals surface area (Å²) in [5.41, 5.74) is 19.0. The molecule has 0 atom stereocenters. The summed E-state index contributed by atoms with van der Waals surface area (Å²) in [6.45, 7) is 0. The van der Waals surface area contributed by atoms with E-state index in [0.29, 0.717) is 11.4 Å². The molecular weight excluding hydrogens is 236 g/mol. The number of fused-ring (bicyclic) bond motifs is 1. The van der Waals surface area contributed by atoms with Crippen molar-refractivity contribution in [2.75, 3.05) is 0 Å². The van der Waals surface area contributed by atoms with E-state index in [1.54, 1.807) is 0 Å². The molecule has 0 aromatic carbocycles. The van der Waals surface area contributed by atoms with E-state index in [1.807, 2.05) is 12.1 Å². The van der Waals surface area contributed by atoms with Crippen LogP contribution in [0.15, 0.2) is 22.4 Å². The third-order valence-corrected chi connectivity index (χ3v) is 1.73. The molecule has 0 aliphatic heterocycles. The van der Waals surface area contributed by atoms with Crippen LogP contribution in [0, 0.1) is 0 Å². The molecule has 16 heavy (non-hydrogen) atoms. The maximum atomic E-state index is 8.59. The second kappa shape index (κ2) is 5.01. The second-order valence-electron chi connectivity index (χ2n) is 2.47. The molecule has 0 spiro atoms. The van der Waals surface area contributed by atoms with E-state index < -0.39 is 11.0 Å². The van der Waals surface area contributed by atoms with Crippen LogP contribution in [0.5, 0.6) is 0 Å². The van der Waals surface area contributed by atoms with Crippen LogP contribution >= 0.6 is 0 Å². The van der Waals surface area contributed by atoms with Crippen molar-refractivity contribution < 1.29 is 13.0 Å². The van der Waals surface area contributed by atoms with Gasteiger partial charge in [-0.2, -0.15) is 0 Å². The van der Waals surface area contributed by atoms with E-state index in [4.69, 9.17) is 24.0 Å². The van der Waals surface area contributed by atoms with Crippen molar-refractivity contribution in [3.63, 3.8) is 0 Å². The van der Waals surface area contributed by atoms with Crippen molar-refractivity contribution in [3.05, 3.63) is 33.0 Å². The molecule has 1 N–H and O–H groups in total. The van der Waals surface area contributed by atoms with Crippen molar-refractivity contribution in [1.82, 2.24) is 0 Å². The first-order valence-electron chi connectivity index (χ1n) is 3.72. The minimum Gasteiger partial charge on any atom is -0.288 e. The quantitative estimate of drug-likeness (QED) is 0.272. The van der Waals surface area contributed by atoms with Crippen molar-refractivity contribution >= 4 is 22.4 Å². The Labute approximate surface area is 90.4 Å². The largest absolute Gasteiger partial charge is 0.288 e. The fourth-order valence-corrected chi connectivity index (χ4v) is 1.15. The van der Waals surface area contributed by atoms with Crippen LogP contribution < -0.4 is 0 Å². The molecule has 82 valence electrons. The van der Waals surface area contributed by atoms with Gasteiger partial charge >= 0.3 is 0 Å². The minimum absolute atomic E-state index is 0.452. The summed E-state index contributed by atoms with van der Waals surface area (Å²) in [5.74, 6) is 0. The monoisotopic (exact) mass is 240 g/mol. The van der Waals surface area contributed by atoms with Crippen molar-refractivity contribution in [1.29, 1.82) is 0 Å². The number of hydrogen-bond acceptors (Lipinski definition) is 4. The molecule has 10 heteroatoms. The summed E-state index contributed by atoms with van der Waals surface area (Å²) in [5, 5.41) is 6.80. The highest BCUT2D eigenvalue weighted by molar-refractivity contribution is 7.66. The standard InChI is InChI=1S/C6H2N6.H2O3S/c7-11-9-5-3-1-2-4(3)6(5)10-12-8;1-4(2)3/h1-2H;4H,(H,1,2,3). The highest BCUT2D eigenvalue weighted by Crippen LogP contribution is 2.55. The van der Waals surface area contributed by atoms with Crippen LogP contribution in [0.4, 0.5) is 11.4 Å². The summed E-state index contributed by atoms with van der Waals surface area (Å²) in [6, 6.07) is 3.63. The van der Waals surface area contributed by atoms with E-state index in [-0.39, 0.29) is 0 Å². The van der Waals surface area contributed by atoms with E-state index in [2.05, 4.69) is 20.1 Å². The maximum Gasteiger partial charge on any atom is 0.254 e. The molecule has 0 saturated heterocycles. The molecule has 9 nitrogen and oxygen atoms in total. The SMILES string of the molecule is O=[SH](=O)O.[N-]=[N+]=Nc1c2ccc-2c1N=[N+]=[N-]. The topological polar surface area (TPSA) is 152 Å². The molecule has 0 fully saturated rings. The molecule has 0 unspecified atom stereocenters. The van der Waals surface area contributed by atoms with Gasteiger partial charge < -0.3 is 0 Å². The predicted molar refractivity (Wildman–Crippen MR) is 56.0 cm³/mol. The summed E-state index contributed by atoms with van der Waals surface area (Å²) < 4.78 is 24.2. The number of rotatable bonds is 2. The third kappa shape index (κ3) is 2.22. The van der Waals surface area contributed by atoms with Gasteiger partial charge in [-0.1, -0.05) is 22.4 Å². The van der Waals surface area contributed by atoms with Crippen LogP contribution in [0.3, 0.4) is 0 Å². The molecule has 2 aliphatic rings. The number of thiol groups is 1. The molecule has 2 rings (SSSR count). The first-order chi connectivity index (χ1) is 7.61. The van der Waals surface area contributed by atoms with E-state index in [1.165, 1.54) is 0 Å². The van der Waals surface area contributed by atoms with E-state index in [9.17, 15) is 0 Å². The molecule has 0 heterocycles. The lowest BCUT2D eigenvalue weighted by Crippen LogP contribution is -1.91. The van der Waals surface area contributed by atoms with E-state index in [0.717, 1.165) is 11.1 Å². The van der Waals surface area contributed by atoms with Gasteiger partial charge in [-0.15, -0.1) is 0 Å². The molecular formula is C6H4N6O3S. The Bertz CT molecular complexity index is 546. The van der Waals surface area contributed by atoms with Crippen LogP contribution in [0.25, 0.3) is 32.0 Å². The normalized spacial score (nSPS) is 9.38. The molecule has 0 bridgehead atoms. The molecule has 0 radical (unpaired) electrons. The Morgan fingerprint density at radius 3 is 1.56 bits per heavy atom.